The number of aryl methyl sites for hydroxylation is 1. The smallest absolute Gasteiger partial charge is 0.308 e. The Labute approximate surface area is 116 Å². The summed E-state index contributed by atoms with van der Waals surface area (Å²) in [5.74, 6) is 0.0751. The van der Waals surface area contributed by atoms with Gasteiger partial charge < -0.3 is 19.3 Å². The quantitative estimate of drug-likeness (QED) is 0.689. The van der Waals surface area contributed by atoms with Gasteiger partial charge in [0, 0.05) is 17.7 Å². The van der Waals surface area contributed by atoms with Crippen LogP contribution in [0.1, 0.15) is 12.5 Å². The van der Waals surface area contributed by atoms with E-state index in [2.05, 4.69) is 0 Å². The van der Waals surface area contributed by atoms with Gasteiger partial charge in [0.15, 0.2) is 11.5 Å². The number of ether oxygens (including phenoxy) is 3. The lowest BCUT2D eigenvalue weighted by molar-refractivity contribution is -0.131. The summed E-state index contributed by atoms with van der Waals surface area (Å²) in [5.41, 5.74) is 0.856. The summed E-state index contributed by atoms with van der Waals surface area (Å²) in [4.78, 5) is 11.3. The number of fused-ring (bicyclic) bond motifs is 1. The molecule has 0 aliphatic heterocycles. The molecule has 0 radical (unpaired) electrons. The zero-order chi connectivity index (χ0) is 14.9. The Kier molecular flexibility index (Phi) is 3.70. The van der Waals surface area contributed by atoms with Gasteiger partial charge in [-0.15, -0.1) is 0 Å². The van der Waals surface area contributed by atoms with Crippen LogP contribution in [-0.4, -0.2) is 25.3 Å². The normalized spacial score (nSPS) is 10.4. The average molecular weight is 276 g/mol. The lowest BCUT2D eigenvalue weighted by Gasteiger charge is -2.17. The topological polar surface area (TPSA) is 65.0 Å². The van der Waals surface area contributed by atoms with Crippen molar-refractivity contribution in [3.05, 3.63) is 23.8 Å². The fourth-order valence-corrected chi connectivity index (χ4v) is 2.23. The van der Waals surface area contributed by atoms with Crippen LogP contribution in [0.25, 0.3) is 10.8 Å². The highest BCUT2D eigenvalue weighted by molar-refractivity contribution is 6.01. The van der Waals surface area contributed by atoms with Crippen LogP contribution in [0.4, 0.5) is 0 Å². The number of aromatic hydroxyl groups is 1. The molecule has 20 heavy (non-hydrogen) atoms. The largest absolute Gasteiger partial charge is 0.504 e. The van der Waals surface area contributed by atoms with Crippen molar-refractivity contribution in [3.8, 4) is 23.0 Å². The van der Waals surface area contributed by atoms with Crippen LogP contribution in [0.5, 0.6) is 23.0 Å². The lowest BCUT2D eigenvalue weighted by atomic mass is 10.0. The number of esters is 1. The van der Waals surface area contributed by atoms with Crippen molar-refractivity contribution < 1.29 is 24.1 Å². The van der Waals surface area contributed by atoms with E-state index in [1.807, 2.05) is 13.0 Å². The molecule has 0 amide bonds. The molecule has 0 saturated carbocycles. The molecule has 0 fully saturated rings. The first-order valence-electron chi connectivity index (χ1n) is 6.05. The Hall–Kier alpha value is -2.43. The summed E-state index contributed by atoms with van der Waals surface area (Å²) in [6, 6.07) is 5.40. The molecule has 2 aromatic carbocycles. The first-order chi connectivity index (χ1) is 9.51. The van der Waals surface area contributed by atoms with E-state index >= 15 is 0 Å². The number of carbonyl (C=O) groups is 1. The monoisotopic (exact) mass is 276 g/mol. The highest BCUT2D eigenvalue weighted by Crippen LogP contribution is 2.51. The number of phenols is 1. The molecule has 5 nitrogen and oxygen atoms in total. The molecule has 0 unspecified atom stereocenters. The van der Waals surface area contributed by atoms with E-state index in [9.17, 15) is 9.90 Å². The molecule has 0 aliphatic rings. The van der Waals surface area contributed by atoms with Crippen LogP contribution in [0.15, 0.2) is 18.2 Å². The summed E-state index contributed by atoms with van der Waals surface area (Å²) in [6.45, 7) is 3.17. The molecule has 106 valence electrons. The van der Waals surface area contributed by atoms with Crippen LogP contribution in [-0.2, 0) is 4.79 Å². The van der Waals surface area contributed by atoms with Crippen molar-refractivity contribution in [2.24, 2.45) is 0 Å². The van der Waals surface area contributed by atoms with E-state index in [1.54, 1.807) is 12.1 Å². The molecule has 0 spiro atoms. The number of carbonyl (C=O) groups excluding carboxylic acids is 1. The summed E-state index contributed by atoms with van der Waals surface area (Å²) in [6.07, 6.45) is 0. The zero-order valence-corrected chi connectivity index (χ0v) is 11.8. The molecule has 2 rings (SSSR count). The second-order valence-corrected chi connectivity index (χ2v) is 4.34. The number of methoxy groups -OCH3 is 2. The predicted octanol–water partition coefficient (Wildman–Crippen LogP) is 2.80. The van der Waals surface area contributed by atoms with Crippen molar-refractivity contribution in [3.63, 3.8) is 0 Å². The van der Waals surface area contributed by atoms with E-state index in [1.165, 1.54) is 21.1 Å². The summed E-state index contributed by atoms with van der Waals surface area (Å²) in [7, 11) is 2.84. The molecule has 0 aliphatic carbocycles. The molecule has 0 bridgehead atoms. The second kappa shape index (κ2) is 5.28. The molecular weight excluding hydrogens is 260 g/mol. The average Bonchev–Trinajstić information content (AvgIpc) is 2.41. The third-order valence-electron chi connectivity index (χ3n) is 3.04. The van der Waals surface area contributed by atoms with Gasteiger partial charge in [0.05, 0.1) is 14.2 Å². The number of hydrogen-bond acceptors (Lipinski definition) is 5. The van der Waals surface area contributed by atoms with Crippen molar-refractivity contribution in [1.82, 2.24) is 0 Å². The van der Waals surface area contributed by atoms with Gasteiger partial charge >= 0.3 is 5.97 Å². The van der Waals surface area contributed by atoms with Gasteiger partial charge in [-0.2, -0.15) is 0 Å². The molecule has 2 aromatic rings. The Bertz CT molecular complexity index is 676. The molecule has 0 saturated heterocycles. The summed E-state index contributed by atoms with van der Waals surface area (Å²) in [5, 5.41) is 11.5. The summed E-state index contributed by atoms with van der Waals surface area (Å²) < 4.78 is 15.7. The number of hydrogen-bond donors (Lipinski definition) is 1. The van der Waals surface area contributed by atoms with Crippen LogP contribution in [0.3, 0.4) is 0 Å². The van der Waals surface area contributed by atoms with Crippen molar-refractivity contribution >= 4 is 16.7 Å². The minimum atomic E-state index is -0.472. The van der Waals surface area contributed by atoms with Gasteiger partial charge in [0.2, 0.25) is 11.5 Å². The minimum Gasteiger partial charge on any atom is -0.504 e. The number of rotatable bonds is 3. The fourth-order valence-electron chi connectivity index (χ4n) is 2.23. The van der Waals surface area contributed by atoms with E-state index in [-0.39, 0.29) is 23.0 Å². The minimum absolute atomic E-state index is 0.0426. The van der Waals surface area contributed by atoms with Gasteiger partial charge in [-0.3, -0.25) is 4.79 Å². The van der Waals surface area contributed by atoms with E-state index in [0.29, 0.717) is 10.8 Å². The molecular formula is C15H16O5. The van der Waals surface area contributed by atoms with Gasteiger partial charge in [0.1, 0.15) is 0 Å². The van der Waals surface area contributed by atoms with Crippen LogP contribution in [0.2, 0.25) is 0 Å². The summed E-state index contributed by atoms with van der Waals surface area (Å²) >= 11 is 0. The second-order valence-electron chi connectivity index (χ2n) is 4.34. The number of phenolic OH excluding ortho intramolecular Hbond substituents is 1. The molecule has 5 heteroatoms. The van der Waals surface area contributed by atoms with Crippen LogP contribution < -0.4 is 14.2 Å². The third-order valence-corrected chi connectivity index (χ3v) is 3.04. The Morgan fingerprint density at radius 1 is 1.10 bits per heavy atom. The maximum atomic E-state index is 11.3. The van der Waals surface area contributed by atoms with E-state index in [0.717, 1.165) is 5.56 Å². The van der Waals surface area contributed by atoms with Gasteiger partial charge in [-0.1, -0.05) is 18.2 Å². The highest BCUT2D eigenvalue weighted by atomic mass is 16.6. The number of benzene rings is 2. The molecule has 1 N–H and O–H groups in total. The molecule has 0 atom stereocenters. The Morgan fingerprint density at radius 2 is 1.75 bits per heavy atom. The zero-order valence-electron chi connectivity index (χ0n) is 11.8. The van der Waals surface area contributed by atoms with Crippen LogP contribution >= 0.6 is 0 Å². The standard InChI is InChI=1S/C15H16O5/c1-8-6-5-7-10-11(8)13(20-9(2)16)15(19-4)14(18-3)12(10)17/h5-7,17H,1-4H3. The predicted molar refractivity (Wildman–Crippen MR) is 74.8 cm³/mol. The van der Waals surface area contributed by atoms with Crippen molar-refractivity contribution in [2.45, 2.75) is 13.8 Å². The Morgan fingerprint density at radius 3 is 2.30 bits per heavy atom. The maximum absolute atomic E-state index is 11.3. The highest BCUT2D eigenvalue weighted by Gasteiger charge is 2.24. The van der Waals surface area contributed by atoms with Gasteiger partial charge in [-0.25, -0.2) is 0 Å². The van der Waals surface area contributed by atoms with Crippen molar-refractivity contribution in [1.29, 1.82) is 0 Å². The van der Waals surface area contributed by atoms with Crippen molar-refractivity contribution in [2.75, 3.05) is 14.2 Å². The first-order valence-corrected chi connectivity index (χ1v) is 6.05. The SMILES string of the molecule is COc1c(OC)c(OC(C)=O)c2c(C)cccc2c1O. The first kappa shape index (κ1) is 14.0. The van der Waals surface area contributed by atoms with Gasteiger partial charge in [0.25, 0.3) is 0 Å². The van der Waals surface area contributed by atoms with Gasteiger partial charge in [-0.05, 0) is 12.5 Å². The molecule has 0 heterocycles. The van der Waals surface area contributed by atoms with Crippen LogP contribution in [0, 0.1) is 6.92 Å². The fraction of sp³-hybridized carbons (Fsp3) is 0.267. The third kappa shape index (κ3) is 2.11. The van der Waals surface area contributed by atoms with E-state index < -0.39 is 5.97 Å². The van der Waals surface area contributed by atoms with E-state index in [4.69, 9.17) is 14.2 Å². The molecule has 0 aromatic heterocycles. The maximum Gasteiger partial charge on any atom is 0.308 e. The Balaban J connectivity index is 2.96. The lowest BCUT2D eigenvalue weighted by Crippen LogP contribution is -2.05.